The topological polar surface area (TPSA) is 55.4 Å². The predicted molar refractivity (Wildman–Crippen MR) is 107 cm³/mol. The van der Waals surface area contributed by atoms with Gasteiger partial charge in [-0.2, -0.15) is 0 Å². The molecule has 0 aromatic rings. The minimum absolute atomic E-state index is 0.523. The maximum atomic E-state index is 5.56. The van der Waals surface area contributed by atoms with Crippen LogP contribution in [0.2, 0.25) is 12.1 Å². The van der Waals surface area contributed by atoms with E-state index in [1.807, 2.05) is 0 Å². The molecule has 1 aliphatic carbocycles. The van der Waals surface area contributed by atoms with E-state index in [1.165, 1.54) is 12.8 Å². The lowest BCUT2D eigenvalue weighted by Gasteiger charge is -2.37. The summed E-state index contributed by atoms with van der Waals surface area (Å²) in [4.78, 5) is 0. The van der Waals surface area contributed by atoms with Gasteiger partial charge in [-0.05, 0) is 43.4 Å². The number of hydrogen-bond donors (Lipinski definition) is 0. The molecule has 3 unspecified atom stereocenters. The molecule has 0 saturated heterocycles. The molecule has 0 aromatic carbocycles. The maximum absolute atomic E-state index is 5.56. The summed E-state index contributed by atoms with van der Waals surface area (Å²) in [5.74, 6) is 1.80. The average molecular weight is 407 g/mol. The highest BCUT2D eigenvalue weighted by Gasteiger charge is 2.41. The van der Waals surface area contributed by atoms with E-state index in [9.17, 15) is 0 Å². The van der Waals surface area contributed by atoms with Crippen LogP contribution in [0.25, 0.3) is 0 Å². The summed E-state index contributed by atoms with van der Waals surface area (Å²) in [6.45, 7) is 4.08. The Labute approximate surface area is 161 Å². The zero-order valence-electron chi connectivity index (χ0n) is 17.4. The van der Waals surface area contributed by atoms with E-state index >= 15 is 0 Å². The lowest BCUT2D eigenvalue weighted by molar-refractivity contribution is 0.112. The largest absolute Gasteiger partial charge is 0.500 e. The fourth-order valence-electron chi connectivity index (χ4n) is 4.12. The van der Waals surface area contributed by atoms with Gasteiger partial charge in [-0.1, -0.05) is 12.5 Å². The third-order valence-corrected chi connectivity index (χ3v) is 11.5. The quantitative estimate of drug-likeness (QED) is 0.343. The van der Waals surface area contributed by atoms with Crippen molar-refractivity contribution in [1.82, 2.24) is 0 Å². The number of rotatable bonds is 13. The zero-order chi connectivity index (χ0) is 19.6. The van der Waals surface area contributed by atoms with Crippen LogP contribution in [0.4, 0.5) is 0 Å². The molecule has 1 saturated carbocycles. The van der Waals surface area contributed by atoms with E-state index in [2.05, 4.69) is 12.7 Å². The van der Waals surface area contributed by atoms with Gasteiger partial charge in [0, 0.05) is 54.7 Å². The van der Waals surface area contributed by atoms with Crippen molar-refractivity contribution in [3.8, 4) is 0 Å². The molecule has 1 rings (SSSR count). The molecule has 1 fully saturated rings. The van der Waals surface area contributed by atoms with E-state index in [4.69, 9.17) is 26.6 Å². The van der Waals surface area contributed by atoms with Crippen LogP contribution >= 0.6 is 0 Å². The molecule has 0 amide bonds. The summed E-state index contributed by atoms with van der Waals surface area (Å²) in [6, 6.07) is 1.71. The van der Waals surface area contributed by atoms with E-state index < -0.39 is 17.6 Å². The van der Waals surface area contributed by atoms with Gasteiger partial charge >= 0.3 is 17.6 Å². The van der Waals surface area contributed by atoms with Crippen LogP contribution in [0.5, 0.6) is 0 Å². The molecule has 1 aliphatic rings. The fourth-order valence-corrected chi connectivity index (χ4v) is 7.83. The SMILES string of the molecule is C=CC1CC(CC[Si](OC)(OC)OC)CCC1CC[Si](OC)(OC)OC. The van der Waals surface area contributed by atoms with E-state index in [1.54, 1.807) is 42.7 Å². The van der Waals surface area contributed by atoms with Crippen molar-refractivity contribution in [2.24, 2.45) is 17.8 Å². The molecule has 26 heavy (non-hydrogen) atoms. The number of allylic oxidation sites excluding steroid dienone is 1. The predicted octanol–water partition coefficient (Wildman–Crippen LogP) is 3.74. The Morgan fingerprint density at radius 1 is 0.769 bits per heavy atom. The first-order valence-corrected chi connectivity index (χ1v) is 13.3. The first kappa shape index (κ1) is 24.0. The molecular formula is C18H38O6Si2. The lowest BCUT2D eigenvalue weighted by Crippen LogP contribution is -2.44. The summed E-state index contributed by atoms with van der Waals surface area (Å²) in [6.07, 6.45) is 7.84. The Hall–Kier alpha value is -0.0662. The first-order chi connectivity index (χ1) is 12.5. The summed E-state index contributed by atoms with van der Waals surface area (Å²) in [5, 5.41) is 0. The van der Waals surface area contributed by atoms with Crippen molar-refractivity contribution in [1.29, 1.82) is 0 Å². The molecule has 3 atom stereocenters. The van der Waals surface area contributed by atoms with Gasteiger partial charge in [0.25, 0.3) is 0 Å². The van der Waals surface area contributed by atoms with Gasteiger partial charge in [0.2, 0.25) is 0 Å². The highest BCUT2D eigenvalue weighted by Crippen LogP contribution is 2.40. The van der Waals surface area contributed by atoms with Crippen LogP contribution in [0.1, 0.15) is 32.1 Å². The molecular weight excluding hydrogens is 368 g/mol. The molecule has 0 spiro atoms. The molecule has 0 aliphatic heterocycles. The van der Waals surface area contributed by atoms with Crippen LogP contribution < -0.4 is 0 Å². The van der Waals surface area contributed by atoms with Crippen molar-refractivity contribution in [3.05, 3.63) is 12.7 Å². The Balaban J connectivity index is 2.57. The van der Waals surface area contributed by atoms with Crippen molar-refractivity contribution in [2.45, 2.75) is 44.2 Å². The van der Waals surface area contributed by atoms with Crippen LogP contribution in [0, 0.1) is 17.8 Å². The van der Waals surface area contributed by atoms with Crippen molar-refractivity contribution in [2.75, 3.05) is 42.7 Å². The lowest BCUT2D eigenvalue weighted by atomic mass is 9.72. The van der Waals surface area contributed by atoms with Gasteiger partial charge in [0.1, 0.15) is 0 Å². The minimum Gasteiger partial charge on any atom is -0.377 e. The second-order valence-electron chi connectivity index (χ2n) is 7.01. The smallest absolute Gasteiger partial charge is 0.377 e. The van der Waals surface area contributed by atoms with Crippen LogP contribution in [0.3, 0.4) is 0 Å². The monoisotopic (exact) mass is 406 g/mol. The molecule has 0 aromatic heterocycles. The molecule has 0 radical (unpaired) electrons. The summed E-state index contributed by atoms with van der Waals surface area (Å²) < 4.78 is 33.3. The van der Waals surface area contributed by atoms with Gasteiger partial charge in [-0.25, -0.2) is 0 Å². The standard InChI is InChI=1S/C18H38O6Si2/c1-8-17-15-16(11-13-25(19-2,20-3)21-4)9-10-18(17)12-14-26(22-5,23-6)24-7/h8,16-18H,1,9-15H2,2-7H3. The van der Waals surface area contributed by atoms with Crippen LogP contribution in [-0.4, -0.2) is 60.3 Å². The van der Waals surface area contributed by atoms with E-state index in [-0.39, 0.29) is 0 Å². The van der Waals surface area contributed by atoms with Gasteiger partial charge in [-0.3, -0.25) is 0 Å². The van der Waals surface area contributed by atoms with Crippen molar-refractivity contribution < 1.29 is 26.6 Å². The van der Waals surface area contributed by atoms with Gasteiger partial charge in [0.05, 0.1) is 0 Å². The fraction of sp³-hybridized carbons (Fsp3) is 0.889. The second kappa shape index (κ2) is 11.7. The summed E-state index contributed by atoms with van der Waals surface area (Å²) in [7, 11) is 5.11. The molecule has 0 heterocycles. The minimum atomic E-state index is -2.49. The molecule has 154 valence electrons. The second-order valence-corrected chi connectivity index (χ2v) is 13.2. The first-order valence-electron chi connectivity index (χ1n) is 9.41. The highest BCUT2D eigenvalue weighted by molar-refractivity contribution is 6.60. The number of hydrogen-bond acceptors (Lipinski definition) is 6. The Morgan fingerprint density at radius 3 is 1.65 bits per heavy atom. The Kier molecular flexibility index (Phi) is 10.8. The highest BCUT2D eigenvalue weighted by atomic mass is 28.4. The molecule has 8 heteroatoms. The third-order valence-electron chi connectivity index (χ3n) is 6.01. The zero-order valence-corrected chi connectivity index (χ0v) is 19.4. The van der Waals surface area contributed by atoms with E-state index in [0.29, 0.717) is 17.8 Å². The summed E-state index contributed by atoms with van der Waals surface area (Å²) >= 11 is 0. The van der Waals surface area contributed by atoms with E-state index in [0.717, 1.165) is 31.4 Å². The normalized spacial score (nSPS) is 24.6. The van der Waals surface area contributed by atoms with Crippen molar-refractivity contribution in [3.63, 3.8) is 0 Å². The average Bonchev–Trinajstić information content (AvgIpc) is 2.71. The molecule has 0 bridgehead atoms. The Morgan fingerprint density at radius 2 is 1.23 bits per heavy atom. The molecule has 6 nitrogen and oxygen atoms in total. The maximum Gasteiger partial charge on any atom is 0.500 e. The van der Waals surface area contributed by atoms with Gasteiger partial charge in [-0.15, -0.1) is 6.58 Å². The third kappa shape index (κ3) is 6.23. The van der Waals surface area contributed by atoms with Gasteiger partial charge < -0.3 is 26.6 Å². The van der Waals surface area contributed by atoms with Crippen LogP contribution in [-0.2, 0) is 26.6 Å². The Bertz CT molecular complexity index is 385. The molecule has 0 N–H and O–H groups in total. The van der Waals surface area contributed by atoms with Gasteiger partial charge in [0.15, 0.2) is 0 Å². The van der Waals surface area contributed by atoms with Crippen molar-refractivity contribution >= 4 is 17.6 Å². The summed E-state index contributed by atoms with van der Waals surface area (Å²) in [5.41, 5.74) is 0. The van der Waals surface area contributed by atoms with Crippen LogP contribution in [0.15, 0.2) is 12.7 Å².